The number of nitrogens with zero attached hydrogens (tertiary/aromatic N) is 3. The van der Waals surface area contributed by atoms with Crippen LogP contribution < -0.4 is 15.1 Å². The molecule has 1 N–H and O–H groups in total. The van der Waals surface area contributed by atoms with Crippen LogP contribution in [-0.2, 0) is 14.8 Å². The number of aryl methyl sites for hydroxylation is 1. The van der Waals surface area contributed by atoms with Gasteiger partial charge in [0.05, 0.1) is 19.3 Å². The molecule has 2 heterocycles. The summed E-state index contributed by atoms with van der Waals surface area (Å²) in [5.41, 5.74) is -0.995. The van der Waals surface area contributed by atoms with Gasteiger partial charge >= 0.3 is 23.7 Å². The maximum atomic E-state index is 12.7. The van der Waals surface area contributed by atoms with Crippen LogP contribution in [0.2, 0.25) is 0 Å². The molecule has 0 aliphatic heterocycles. The molecule has 0 bridgehead atoms. The van der Waals surface area contributed by atoms with E-state index in [9.17, 15) is 22.8 Å². The van der Waals surface area contributed by atoms with Gasteiger partial charge in [-0.2, -0.15) is 0 Å². The normalized spacial score (nSPS) is 14.0. The van der Waals surface area contributed by atoms with Gasteiger partial charge in [-0.15, -0.1) is 21.1 Å². The molecule has 2 aromatic rings. The maximum absolute atomic E-state index is 12.7. The fraction of sp³-hybridized carbons (Fsp3) is 0.467. The molecule has 0 aromatic carbocycles. The van der Waals surface area contributed by atoms with E-state index < -0.39 is 27.7 Å². The van der Waals surface area contributed by atoms with E-state index in [0.29, 0.717) is 4.68 Å². The molecule has 1 aliphatic carbocycles. The molecule has 11 nitrogen and oxygen atoms in total. The van der Waals surface area contributed by atoms with Gasteiger partial charge < -0.3 is 9.47 Å². The number of sulfonamides is 1. The Balaban J connectivity index is 1.96. The molecule has 0 unspecified atom stereocenters. The molecule has 3 rings (SSSR count). The minimum absolute atomic E-state index is 0.0514. The number of thiophene rings is 1. The monoisotopic (exact) mass is 430 g/mol. The predicted octanol–water partition coefficient (Wildman–Crippen LogP) is 0.882. The minimum Gasteiger partial charge on any atom is -0.465 e. The van der Waals surface area contributed by atoms with Crippen molar-refractivity contribution in [1.29, 1.82) is 0 Å². The lowest BCUT2D eigenvalue weighted by Crippen LogP contribution is -2.41. The summed E-state index contributed by atoms with van der Waals surface area (Å²) in [5, 5.41) is 5.12. The van der Waals surface area contributed by atoms with Crippen molar-refractivity contribution in [2.75, 3.05) is 13.7 Å². The molecule has 1 amide bonds. The first-order valence-electron chi connectivity index (χ1n) is 8.29. The maximum Gasteiger partial charge on any atom is 0.360 e. The molecule has 1 aliphatic rings. The van der Waals surface area contributed by atoms with Crippen LogP contribution >= 0.6 is 11.3 Å². The van der Waals surface area contributed by atoms with E-state index in [1.54, 1.807) is 11.6 Å². The Morgan fingerprint density at radius 2 is 2.07 bits per heavy atom. The van der Waals surface area contributed by atoms with E-state index in [1.807, 2.05) is 0 Å². The fourth-order valence-corrected chi connectivity index (χ4v) is 5.11. The van der Waals surface area contributed by atoms with E-state index in [0.717, 1.165) is 31.3 Å². The zero-order valence-corrected chi connectivity index (χ0v) is 16.9. The van der Waals surface area contributed by atoms with Crippen molar-refractivity contribution < 1.29 is 27.5 Å². The Hall–Kier alpha value is -2.67. The van der Waals surface area contributed by atoms with Crippen LogP contribution in [0.15, 0.2) is 15.1 Å². The van der Waals surface area contributed by atoms with Crippen LogP contribution in [-0.4, -0.2) is 48.5 Å². The molecule has 152 valence electrons. The molecular formula is C15H18N4O7S2. The van der Waals surface area contributed by atoms with Gasteiger partial charge in [-0.3, -0.25) is 0 Å². The standard InChI is InChI=1S/C15H18N4O7S2/c1-4-26-14-16-19(15(22)18(14)9-5-6-9)13(21)17-28(23,24)11-8(2)27-7-10(11)12(20)25-3/h7,9H,4-6H2,1-3H3,(H,17,21). The number of amides is 1. The Kier molecular flexibility index (Phi) is 5.30. The SMILES string of the molecule is CCOc1nn(C(=O)NS(=O)(=O)c2c(C(=O)OC)csc2C)c(=O)n1C1CC1. The second-order valence-electron chi connectivity index (χ2n) is 5.95. The highest BCUT2D eigenvalue weighted by Crippen LogP contribution is 2.36. The van der Waals surface area contributed by atoms with Crippen molar-refractivity contribution >= 4 is 33.4 Å². The first kappa shape index (κ1) is 20.1. The van der Waals surface area contributed by atoms with Gasteiger partial charge in [0.2, 0.25) is 0 Å². The summed E-state index contributed by atoms with van der Waals surface area (Å²) in [6, 6.07) is -1.45. The topological polar surface area (TPSA) is 139 Å². The zero-order valence-electron chi connectivity index (χ0n) is 15.3. The third kappa shape index (κ3) is 3.54. The molecule has 1 saturated carbocycles. The molecule has 28 heavy (non-hydrogen) atoms. The second kappa shape index (κ2) is 7.39. The molecule has 0 atom stereocenters. The number of ether oxygens (including phenoxy) is 2. The van der Waals surface area contributed by atoms with Crippen LogP contribution in [0.3, 0.4) is 0 Å². The number of hydrogen-bond acceptors (Lipinski definition) is 9. The number of carbonyl (C=O) groups excluding carboxylic acids is 2. The van der Waals surface area contributed by atoms with Gasteiger partial charge in [0.25, 0.3) is 10.0 Å². The van der Waals surface area contributed by atoms with Crippen LogP contribution in [0.4, 0.5) is 4.79 Å². The minimum atomic E-state index is -4.46. The first-order chi connectivity index (χ1) is 13.2. The summed E-state index contributed by atoms with van der Waals surface area (Å²) in [6.45, 7) is 3.40. The highest BCUT2D eigenvalue weighted by atomic mass is 32.2. The number of hydrogen-bond donors (Lipinski definition) is 1. The summed E-state index contributed by atoms with van der Waals surface area (Å²) in [7, 11) is -3.34. The van der Waals surface area contributed by atoms with E-state index >= 15 is 0 Å². The molecule has 0 saturated heterocycles. The summed E-state index contributed by atoms with van der Waals surface area (Å²) in [6.07, 6.45) is 1.48. The van der Waals surface area contributed by atoms with E-state index in [-0.39, 0.29) is 34.0 Å². The van der Waals surface area contributed by atoms with Gasteiger partial charge in [0.1, 0.15) is 4.90 Å². The van der Waals surface area contributed by atoms with Crippen LogP contribution in [0.5, 0.6) is 6.01 Å². The third-order valence-electron chi connectivity index (χ3n) is 3.97. The van der Waals surface area contributed by atoms with Gasteiger partial charge in [-0.1, -0.05) is 0 Å². The molecule has 13 heteroatoms. The smallest absolute Gasteiger partial charge is 0.360 e. The van der Waals surface area contributed by atoms with Gasteiger partial charge in [-0.25, -0.2) is 32.1 Å². The van der Waals surface area contributed by atoms with E-state index in [1.165, 1.54) is 16.9 Å². The predicted molar refractivity (Wildman–Crippen MR) is 97.4 cm³/mol. The lowest BCUT2D eigenvalue weighted by atomic mass is 10.3. The van der Waals surface area contributed by atoms with E-state index in [4.69, 9.17) is 4.74 Å². The Morgan fingerprint density at radius 3 is 2.64 bits per heavy atom. The number of methoxy groups -OCH3 is 1. The van der Waals surface area contributed by atoms with Crippen LogP contribution in [0.25, 0.3) is 0 Å². The number of carbonyl (C=O) groups is 2. The largest absolute Gasteiger partial charge is 0.465 e. The quantitative estimate of drug-likeness (QED) is 0.667. The van der Waals surface area contributed by atoms with Crippen molar-refractivity contribution in [3.8, 4) is 6.01 Å². The number of esters is 1. The Morgan fingerprint density at radius 1 is 1.39 bits per heavy atom. The average Bonchev–Trinajstić information content (AvgIpc) is 3.30. The van der Waals surface area contributed by atoms with Gasteiger partial charge in [0.15, 0.2) is 0 Å². The van der Waals surface area contributed by atoms with Crippen LogP contribution in [0.1, 0.15) is 41.0 Å². The number of aromatic nitrogens is 3. The number of nitrogens with one attached hydrogen (secondary N) is 1. The fourth-order valence-electron chi connectivity index (χ4n) is 2.60. The van der Waals surface area contributed by atoms with Crippen molar-refractivity contribution in [2.24, 2.45) is 0 Å². The molecular weight excluding hydrogens is 412 g/mol. The van der Waals surface area contributed by atoms with Gasteiger partial charge in [0, 0.05) is 16.3 Å². The van der Waals surface area contributed by atoms with Crippen molar-refractivity contribution in [3.63, 3.8) is 0 Å². The number of rotatable bonds is 6. The van der Waals surface area contributed by atoms with Crippen LogP contribution in [0, 0.1) is 6.92 Å². The van der Waals surface area contributed by atoms with E-state index in [2.05, 4.69) is 9.84 Å². The highest BCUT2D eigenvalue weighted by molar-refractivity contribution is 7.90. The second-order valence-corrected chi connectivity index (χ2v) is 8.65. The summed E-state index contributed by atoms with van der Waals surface area (Å²) < 4.78 is 38.7. The Labute approximate surface area is 163 Å². The van der Waals surface area contributed by atoms with Crippen molar-refractivity contribution in [2.45, 2.75) is 37.6 Å². The summed E-state index contributed by atoms with van der Waals surface area (Å²) >= 11 is 1.01. The lowest BCUT2D eigenvalue weighted by Gasteiger charge is -2.07. The molecule has 2 aromatic heterocycles. The average molecular weight is 430 g/mol. The molecule has 0 spiro atoms. The summed E-state index contributed by atoms with van der Waals surface area (Å²) in [5.74, 6) is -0.856. The van der Waals surface area contributed by atoms with Crippen molar-refractivity contribution in [1.82, 2.24) is 19.1 Å². The van der Waals surface area contributed by atoms with Gasteiger partial charge in [-0.05, 0) is 26.7 Å². The summed E-state index contributed by atoms with van der Waals surface area (Å²) in [4.78, 5) is 36.7. The first-order valence-corrected chi connectivity index (χ1v) is 10.7. The molecule has 0 radical (unpaired) electrons. The Bertz CT molecular complexity index is 1090. The molecule has 1 fully saturated rings. The zero-order chi connectivity index (χ0) is 20.6. The lowest BCUT2D eigenvalue weighted by molar-refractivity contribution is 0.0597. The van der Waals surface area contributed by atoms with Crippen molar-refractivity contribution in [3.05, 3.63) is 26.3 Å². The highest BCUT2D eigenvalue weighted by Gasteiger charge is 2.34. The third-order valence-corrected chi connectivity index (χ3v) is 6.52.